The Kier molecular flexibility index (Phi) is 10.5. The van der Waals surface area contributed by atoms with Crippen LogP contribution in [0.1, 0.15) is 6.92 Å². The number of hydrogen-bond acceptors (Lipinski definition) is 17. The number of hydrogen-bond donors (Lipinski definition) is 11. The molecule has 0 radical (unpaired) electrons. The van der Waals surface area contributed by atoms with Crippen LogP contribution < -0.4 is 17.2 Å². The van der Waals surface area contributed by atoms with Gasteiger partial charge in [-0.2, -0.15) is 0 Å². The average molecular weight is 570 g/mol. The van der Waals surface area contributed by atoms with E-state index in [0.717, 1.165) is 0 Å². The van der Waals surface area contributed by atoms with E-state index in [1.54, 1.807) is 0 Å². The van der Waals surface area contributed by atoms with Crippen molar-refractivity contribution in [1.29, 1.82) is 0 Å². The van der Waals surface area contributed by atoms with Crippen LogP contribution in [0.2, 0.25) is 0 Å². The fraction of sp³-hybridized carbons (Fsp3) is 0.864. The number of aliphatic hydroxyl groups is 8. The number of carbonyl (C=O) groups is 1. The molecule has 3 aliphatic heterocycles. The molecule has 3 rings (SSSR count). The fourth-order valence-electron chi connectivity index (χ4n) is 4.83. The van der Waals surface area contributed by atoms with Gasteiger partial charge < -0.3 is 81.7 Å². The Morgan fingerprint density at radius 3 is 1.82 bits per heavy atom. The van der Waals surface area contributed by atoms with Crippen molar-refractivity contribution in [2.24, 2.45) is 17.2 Å². The highest BCUT2D eigenvalue weighted by Gasteiger charge is 2.59. The number of ketones is 1. The summed E-state index contributed by atoms with van der Waals surface area (Å²) in [7, 11) is 0. The van der Waals surface area contributed by atoms with Crippen LogP contribution in [0.5, 0.6) is 0 Å². The monoisotopic (exact) mass is 569 g/mol. The third-order valence-corrected chi connectivity index (χ3v) is 7.25. The molecule has 3 heterocycles. The summed E-state index contributed by atoms with van der Waals surface area (Å²) in [6.45, 7) is 2.22. The van der Waals surface area contributed by atoms with E-state index in [1.807, 2.05) is 0 Å². The first-order valence-electron chi connectivity index (χ1n) is 12.2. The molecule has 0 aliphatic carbocycles. The lowest BCUT2D eigenvalue weighted by Crippen LogP contribution is -2.73. The smallest absolute Gasteiger partial charge is 0.195 e. The highest BCUT2D eigenvalue weighted by Crippen LogP contribution is 2.35. The normalized spacial score (nSPS) is 49.0. The van der Waals surface area contributed by atoms with Gasteiger partial charge in [0.15, 0.2) is 30.3 Å². The summed E-state index contributed by atoms with van der Waals surface area (Å²) in [5, 5.41) is 81.8. The molecule has 0 spiro atoms. The van der Waals surface area contributed by atoms with Crippen molar-refractivity contribution in [3.8, 4) is 0 Å². The molecule has 0 aromatic heterocycles. The van der Waals surface area contributed by atoms with Gasteiger partial charge in [0, 0.05) is 0 Å². The molecule has 0 saturated carbocycles. The Morgan fingerprint density at radius 1 is 0.821 bits per heavy atom. The first-order valence-corrected chi connectivity index (χ1v) is 12.2. The molecular weight excluding hydrogens is 530 g/mol. The summed E-state index contributed by atoms with van der Waals surface area (Å²) >= 11 is 0. The van der Waals surface area contributed by atoms with Crippen LogP contribution in [0.3, 0.4) is 0 Å². The van der Waals surface area contributed by atoms with Crippen molar-refractivity contribution >= 4 is 5.78 Å². The summed E-state index contributed by atoms with van der Waals surface area (Å²) in [5.41, 5.74) is 15.3. The van der Waals surface area contributed by atoms with E-state index in [4.69, 9.17) is 40.9 Å². The lowest BCUT2D eigenvalue weighted by Gasteiger charge is -2.50. The lowest BCUT2D eigenvalue weighted by atomic mass is 9.81. The summed E-state index contributed by atoms with van der Waals surface area (Å²) in [4.78, 5) is 12.8. The molecule has 39 heavy (non-hydrogen) atoms. The van der Waals surface area contributed by atoms with Gasteiger partial charge >= 0.3 is 0 Å². The Labute approximate surface area is 223 Å². The molecule has 0 bridgehead atoms. The molecule has 3 saturated heterocycles. The van der Waals surface area contributed by atoms with E-state index < -0.39 is 117 Å². The number of nitrogens with two attached hydrogens (primary N) is 3. The molecule has 14 N–H and O–H groups in total. The van der Waals surface area contributed by atoms with Gasteiger partial charge in [0.2, 0.25) is 0 Å². The van der Waals surface area contributed by atoms with Gasteiger partial charge in [0.1, 0.15) is 48.8 Å². The Bertz CT molecular complexity index is 866. The molecule has 0 aromatic carbocycles. The lowest BCUT2D eigenvalue weighted by molar-refractivity contribution is -0.355. The molecule has 3 fully saturated rings. The molecule has 17 nitrogen and oxygen atoms in total. The van der Waals surface area contributed by atoms with Crippen LogP contribution in [0.15, 0.2) is 12.2 Å². The largest absolute Gasteiger partial charge is 0.394 e. The van der Waals surface area contributed by atoms with E-state index in [1.165, 1.54) is 6.92 Å². The van der Waals surface area contributed by atoms with E-state index >= 15 is 0 Å². The Hall–Kier alpha value is -1.23. The van der Waals surface area contributed by atoms with Crippen LogP contribution >= 0.6 is 0 Å². The highest BCUT2D eigenvalue weighted by atomic mass is 16.7. The molecule has 2 unspecified atom stereocenters. The quantitative estimate of drug-likeness (QED) is 0.115. The number of Topliss-reactive ketones (excluding diaryl/α,β-unsaturated/α-hetero) is 1. The third kappa shape index (κ3) is 5.90. The summed E-state index contributed by atoms with van der Waals surface area (Å²) in [6.07, 6.45) is -17.4. The van der Waals surface area contributed by atoms with E-state index in [9.17, 15) is 45.6 Å². The molecule has 3 aliphatic rings. The zero-order valence-corrected chi connectivity index (χ0v) is 21.2. The summed E-state index contributed by atoms with van der Waals surface area (Å²) in [6, 6.07) is -4.24. The van der Waals surface area contributed by atoms with Gasteiger partial charge in [0.05, 0.1) is 37.9 Å². The minimum absolute atomic E-state index is 0.108. The van der Waals surface area contributed by atoms with Crippen molar-refractivity contribution in [2.75, 3.05) is 19.8 Å². The van der Waals surface area contributed by atoms with Crippen LogP contribution in [-0.4, -0.2) is 158 Å². The zero-order valence-electron chi connectivity index (χ0n) is 21.2. The Balaban J connectivity index is 1.81. The van der Waals surface area contributed by atoms with Crippen molar-refractivity contribution in [2.45, 2.75) is 98.4 Å². The first-order chi connectivity index (χ1) is 18.2. The minimum Gasteiger partial charge on any atom is -0.394 e. The molecule has 15 atom stereocenters. The van der Waals surface area contributed by atoms with Gasteiger partial charge in [0.25, 0.3) is 0 Å². The molecule has 226 valence electrons. The van der Waals surface area contributed by atoms with Crippen LogP contribution in [0.25, 0.3) is 0 Å². The molecule has 0 amide bonds. The van der Waals surface area contributed by atoms with Crippen molar-refractivity contribution in [1.82, 2.24) is 0 Å². The maximum absolute atomic E-state index is 12.8. The van der Waals surface area contributed by atoms with Gasteiger partial charge in [-0.15, -0.1) is 0 Å². The Morgan fingerprint density at radius 2 is 1.31 bits per heavy atom. The molecular formula is C22H39N3O14. The van der Waals surface area contributed by atoms with Crippen molar-refractivity contribution in [3.63, 3.8) is 0 Å². The summed E-state index contributed by atoms with van der Waals surface area (Å²) < 4.78 is 27.8. The zero-order chi connectivity index (χ0) is 29.4. The van der Waals surface area contributed by atoms with E-state index in [0.29, 0.717) is 0 Å². The number of carbonyl (C=O) groups excluding carboxylic acids is 1. The van der Waals surface area contributed by atoms with Crippen LogP contribution in [0, 0.1) is 0 Å². The van der Waals surface area contributed by atoms with Crippen LogP contribution in [-0.2, 0) is 28.5 Å². The predicted molar refractivity (Wildman–Crippen MR) is 126 cm³/mol. The fourth-order valence-corrected chi connectivity index (χ4v) is 4.83. The van der Waals surface area contributed by atoms with Crippen molar-refractivity contribution in [3.05, 3.63) is 12.2 Å². The second-order valence-electron chi connectivity index (χ2n) is 9.97. The third-order valence-electron chi connectivity index (χ3n) is 7.25. The number of aliphatic hydroxyl groups excluding tert-OH is 8. The minimum atomic E-state index is -2.39. The first kappa shape index (κ1) is 32.3. The van der Waals surface area contributed by atoms with Gasteiger partial charge in [-0.1, -0.05) is 6.58 Å². The predicted octanol–water partition coefficient (Wildman–Crippen LogP) is -7.16. The average Bonchev–Trinajstić information content (AvgIpc) is 2.92. The second-order valence-corrected chi connectivity index (χ2v) is 9.97. The maximum Gasteiger partial charge on any atom is 0.195 e. The standard InChI is InChI=1S/C22H39N3O14/c1-6(2)17(32)22(5-28)18(33)14(31)11(25)21(39-22)38-16-8(4-27)36-20(10(24)13(16)30)37-15-7(3-26)35-19(34)9(23)12(15)29/h7-16,18-21,26-31,33-34H,1,3-5,23-25H2,2H3/t7-,8-,9-,10-,11-,12-,13-,14-,15?,16?,18+,19-,20+,21+,22+/m1/s1. The maximum atomic E-state index is 12.8. The summed E-state index contributed by atoms with van der Waals surface area (Å²) in [5.74, 6) is -0.934. The van der Waals surface area contributed by atoms with Crippen LogP contribution in [0.4, 0.5) is 0 Å². The van der Waals surface area contributed by atoms with E-state index in [-0.39, 0.29) is 5.57 Å². The van der Waals surface area contributed by atoms with E-state index in [2.05, 4.69) is 6.58 Å². The van der Waals surface area contributed by atoms with Gasteiger partial charge in [-0.05, 0) is 12.5 Å². The topological polar surface area (TPSA) is 303 Å². The highest BCUT2D eigenvalue weighted by molar-refractivity contribution is 6.01. The van der Waals surface area contributed by atoms with Gasteiger partial charge in [-0.25, -0.2) is 0 Å². The second kappa shape index (κ2) is 12.7. The molecule has 0 aromatic rings. The number of rotatable bonds is 9. The number of ether oxygens (including phenoxy) is 5. The molecule has 17 heteroatoms. The SMILES string of the molecule is C=C(C)C(=O)[C@]1(CO)O[C@H](OC2[C@@H](CO)O[C@@H](OC3[C@@H](CO)O[C@@H](O)[C@H](N)[C@H]3O)[C@H](N)[C@H]2O)[C@H](N)[C@@H](O)[C@@H]1O. The van der Waals surface area contributed by atoms with Crippen molar-refractivity contribution < 1.29 is 69.3 Å². The van der Waals surface area contributed by atoms with Gasteiger partial charge in [-0.3, -0.25) is 4.79 Å².